The zero-order chi connectivity index (χ0) is 11.4. The molecule has 1 aromatic rings. The summed E-state index contributed by atoms with van der Waals surface area (Å²) in [6.45, 7) is 0.468. The van der Waals surface area contributed by atoms with Gasteiger partial charge >= 0.3 is 5.97 Å². The first-order chi connectivity index (χ1) is 7.70. The molecule has 0 spiro atoms. The second-order valence-electron chi connectivity index (χ2n) is 4.25. The number of pyridine rings is 1. The van der Waals surface area contributed by atoms with Gasteiger partial charge in [-0.25, -0.2) is 0 Å². The predicted molar refractivity (Wildman–Crippen MR) is 57.9 cm³/mol. The number of aliphatic carboxylic acids is 1. The number of carboxylic acids is 1. The average Bonchev–Trinajstić information content (AvgIpc) is 2.23. The van der Waals surface area contributed by atoms with Crippen LogP contribution in [0.5, 0.6) is 0 Å². The van der Waals surface area contributed by atoms with Gasteiger partial charge in [0.15, 0.2) is 0 Å². The smallest absolute Gasteiger partial charge is 0.306 e. The fraction of sp³-hybridized carbons (Fsp3) is 0.500. The minimum Gasteiger partial charge on any atom is -0.481 e. The van der Waals surface area contributed by atoms with Gasteiger partial charge in [0.1, 0.15) is 0 Å². The summed E-state index contributed by atoms with van der Waals surface area (Å²) >= 11 is 0. The largest absolute Gasteiger partial charge is 0.481 e. The summed E-state index contributed by atoms with van der Waals surface area (Å²) in [5.74, 6) is -0.783. The van der Waals surface area contributed by atoms with Crippen molar-refractivity contribution in [3.05, 3.63) is 30.1 Å². The molecule has 86 valence electrons. The van der Waals surface area contributed by atoms with E-state index < -0.39 is 11.6 Å². The lowest BCUT2D eigenvalue weighted by molar-refractivity contribution is -0.156. The summed E-state index contributed by atoms with van der Waals surface area (Å²) in [5, 5.41) is 8.82. The van der Waals surface area contributed by atoms with Gasteiger partial charge in [-0.3, -0.25) is 9.78 Å². The number of rotatable bonds is 5. The summed E-state index contributed by atoms with van der Waals surface area (Å²) in [6.07, 6.45) is 6.29. The molecule has 0 saturated heterocycles. The molecule has 0 amide bonds. The van der Waals surface area contributed by atoms with E-state index in [4.69, 9.17) is 9.84 Å². The molecular formula is C12H15NO3. The van der Waals surface area contributed by atoms with Crippen molar-refractivity contribution in [2.45, 2.75) is 37.9 Å². The number of ether oxygens (including phenoxy) is 1. The van der Waals surface area contributed by atoms with Gasteiger partial charge < -0.3 is 9.84 Å². The van der Waals surface area contributed by atoms with Crippen LogP contribution in [0.3, 0.4) is 0 Å². The standard InChI is InChI=1S/C12H15NO3/c14-11(15)8-12(4-1-5-12)16-9-10-2-6-13-7-3-10/h2-3,6-7H,1,4-5,8-9H2,(H,14,15). The second-order valence-corrected chi connectivity index (χ2v) is 4.25. The van der Waals surface area contributed by atoms with Crippen molar-refractivity contribution in [1.29, 1.82) is 0 Å². The number of nitrogens with zero attached hydrogens (tertiary/aromatic N) is 1. The molecule has 1 aromatic heterocycles. The van der Waals surface area contributed by atoms with Crippen LogP contribution < -0.4 is 0 Å². The molecule has 1 N–H and O–H groups in total. The van der Waals surface area contributed by atoms with E-state index in [9.17, 15) is 4.79 Å². The third-order valence-corrected chi connectivity index (χ3v) is 3.03. The molecule has 2 rings (SSSR count). The van der Waals surface area contributed by atoms with Crippen LogP contribution in [0, 0.1) is 0 Å². The number of aromatic nitrogens is 1. The molecular weight excluding hydrogens is 206 g/mol. The van der Waals surface area contributed by atoms with E-state index in [-0.39, 0.29) is 6.42 Å². The Bertz CT molecular complexity index is 360. The minimum absolute atomic E-state index is 0.109. The molecule has 1 aliphatic rings. The van der Waals surface area contributed by atoms with Gasteiger partial charge in [0.25, 0.3) is 0 Å². The van der Waals surface area contributed by atoms with Crippen molar-refractivity contribution in [1.82, 2.24) is 4.98 Å². The molecule has 1 heterocycles. The minimum atomic E-state index is -0.783. The third kappa shape index (κ3) is 2.58. The number of carbonyl (C=O) groups is 1. The van der Waals surface area contributed by atoms with Crippen molar-refractivity contribution in [2.75, 3.05) is 0 Å². The van der Waals surface area contributed by atoms with Gasteiger partial charge in [-0.05, 0) is 37.0 Å². The molecule has 0 unspecified atom stereocenters. The lowest BCUT2D eigenvalue weighted by Crippen LogP contribution is -2.42. The van der Waals surface area contributed by atoms with Crippen molar-refractivity contribution in [2.24, 2.45) is 0 Å². The van der Waals surface area contributed by atoms with Crippen molar-refractivity contribution < 1.29 is 14.6 Å². The van der Waals surface area contributed by atoms with Gasteiger partial charge in [0.2, 0.25) is 0 Å². The summed E-state index contributed by atoms with van der Waals surface area (Å²) in [4.78, 5) is 14.7. The number of carboxylic acid groups (broad SMARTS) is 1. The highest BCUT2D eigenvalue weighted by molar-refractivity contribution is 5.68. The summed E-state index contributed by atoms with van der Waals surface area (Å²) in [5.41, 5.74) is 0.612. The molecule has 1 fully saturated rings. The Balaban J connectivity index is 1.90. The number of hydrogen-bond acceptors (Lipinski definition) is 3. The van der Waals surface area contributed by atoms with E-state index in [1.54, 1.807) is 12.4 Å². The lowest BCUT2D eigenvalue weighted by Gasteiger charge is -2.40. The van der Waals surface area contributed by atoms with Gasteiger partial charge in [-0.1, -0.05) is 0 Å². The van der Waals surface area contributed by atoms with Crippen molar-refractivity contribution in [3.63, 3.8) is 0 Å². The predicted octanol–water partition coefficient (Wildman–Crippen LogP) is 2.00. The summed E-state index contributed by atoms with van der Waals surface area (Å²) < 4.78 is 5.75. The first-order valence-corrected chi connectivity index (χ1v) is 5.45. The highest BCUT2D eigenvalue weighted by Gasteiger charge is 2.40. The van der Waals surface area contributed by atoms with E-state index >= 15 is 0 Å². The zero-order valence-electron chi connectivity index (χ0n) is 9.06. The van der Waals surface area contributed by atoms with Crippen LogP contribution in [-0.2, 0) is 16.1 Å². The van der Waals surface area contributed by atoms with Crippen LogP contribution in [-0.4, -0.2) is 21.7 Å². The van der Waals surface area contributed by atoms with Crippen LogP contribution in [0.25, 0.3) is 0 Å². The molecule has 1 saturated carbocycles. The van der Waals surface area contributed by atoms with Gasteiger partial charge in [0, 0.05) is 12.4 Å². The molecule has 4 nitrogen and oxygen atoms in total. The fourth-order valence-electron chi connectivity index (χ4n) is 1.93. The molecule has 0 bridgehead atoms. The summed E-state index contributed by atoms with van der Waals surface area (Å²) in [6, 6.07) is 3.76. The van der Waals surface area contributed by atoms with Crippen molar-refractivity contribution >= 4 is 5.97 Å². The van der Waals surface area contributed by atoms with E-state index in [2.05, 4.69) is 4.98 Å². The highest BCUT2D eigenvalue weighted by Crippen LogP contribution is 2.39. The van der Waals surface area contributed by atoms with Crippen LogP contribution in [0.4, 0.5) is 0 Å². The Morgan fingerprint density at radius 1 is 1.44 bits per heavy atom. The first kappa shape index (κ1) is 11.1. The molecule has 0 aromatic carbocycles. The normalized spacial score (nSPS) is 17.8. The Labute approximate surface area is 94.3 Å². The SMILES string of the molecule is O=C(O)CC1(OCc2ccncc2)CCC1. The third-order valence-electron chi connectivity index (χ3n) is 3.03. The lowest BCUT2D eigenvalue weighted by atomic mass is 9.77. The average molecular weight is 221 g/mol. The van der Waals surface area contributed by atoms with E-state index in [1.807, 2.05) is 12.1 Å². The van der Waals surface area contributed by atoms with E-state index in [1.165, 1.54) is 0 Å². The molecule has 1 aliphatic carbocycles. The van der Waals surface area contributed by atoms with Gasteiger partial charge in [-0.2, -0.15) is 0 Å². The van der Waals surface area contributed by atoms with Crippen LogP contribution in [0.15, 0.2) is 24.5 Å². The first-order valence-electron chi connectivity index (χ1n) is 5.45. The Morgan fingerprint density at radius 3 is 2.62 bits per heavy atom. The molecule has 0 aliphatic heterocycles. The second kappa shape index (κ2) is 4.61. The summed E-state index contributed by atoms with van der Waals surface area (Å²) in [7, 11) is 0. The Morgan fingerprint density at radius 2 is 2.12 bits per heavy atom. The monoisotopic (exact) mass is 221 g/mol. The zero-order valence-corrected chi connectivity index (χ0v) is 9.06. The number of hydrogen-bond donors (Lipinski definition) is 1. The van der Waals surface area contributed by atoms with E-state index in [0.29, 0.717) is 6.61 Å². The quantitative estimate of drug-likeness (QED) is 0.826. The molecule has 4 heteroatoms. The topological polar surface area (TPSA) is 59.4 Å². The molecule has 16 heavy (non-hydrogen) atoms. The van der Waals surface area contributed by atoms with Crippen LogP contribution in [0.1, 0.15) is 31.2 Å². The van der Waals surface area contributed by atoms with Crippen LogP contribution in [0.2, 0.25) is 0 Å². The van der Waals surface area contributed by atoms with E-state index in [0.717, 1.165) is 24.8 Å². The highest BCUT2D eigenvalue weighted by atomic mass is 16.5. The van der Waals surface area contributed by atoms with Crippen molar-refractivity contribution in [3.8, 4) is 0 Å². The maximum atomic E-state index is 10.7. The van der Waals surface area contributed by atoms with Crippen LogP contribution >= 0.6 is 0 Å². The molecule has 0 atom stereocenters. The molecule has 0 radical (unpaired) electrons. The van der Waals surface area contributed by atoms with Gasteiger partial charge in [0.05, 0.1) is 18.6 Å². The maximum Gasteiger partial charge on any atom is 0.306 e. The maximum absolute atomic E-state index is 10.7. The fourth-order valence-corrected chi connectivity index (χ4v) is 1.93. The Kier molecular flexibility index (Phi) is 3.19. The van der Waals surface area contributed by atoms with Gasteiger partial charge in [-0.15, -0.1) is 0 Å². The Hall–Kier alpha value is -1.42.